The second kappa shape index (κ2) is 4.77. The lowest BCUT2D eigenvalue weighted by atomic mass is 10.2. The lowest BCUT2D eigenvalue weighted by molar-refractivity contribution is 0.789. The van der Waals surface area contributed by atoms with E-state index in [1.54, 1.807) is 0 Å². The highest BCUT2D eigenvalue weighted by molar-refractivity contribution is 5.49. The molecule has 0 radical (unpaired) electrons. The van der Waals surface area contributed by atoms with Crippen molar-refractivity contribution in [2.75, 3.05) is 4.90 Å². The first-order valence-corrected chi connectivity index (χ1v) is 6.41. The number of aromatic nitrogens is 2. The van der Waals surface area contributed by atoms with E-state index < -0.39 is 0 Å². The summed E-state index contributed by atoms with van der Waals surface area (Å²) in [7, 11) is 0. The van der Waals surface area contributed by atoms with E-state index in [1.165, 1.54) is 24.1 Å². The Hall–Kier alpha value is -1.90. The van der Waals surface area contributed by atoms with Crippen LogP contribution in [0.1, 0.15) is 24.1 Å². The maximum atomic E-state index is 4.27. The van der Waals surface area contributed by atoms with Gasteiger partial charge in [0.25, 0.3) is 0 Å². The van der Waals surface area contributed by atoms with Gasteiger partial charge in [-0.2, -0.15) is 0 Å². The van der Waals surface area contributed by atoms with Crippen LogP contribution in [-0.2, 0) is 6.54 Å². The van der Waals surface area contributed by atoms with Crippen molar-refractivity contribution in [3.8, 4) is 0 Å². The van der Waals surface area contributed by atoms with Crippen molar-refractivity contribution in [3.63, 3.8) is 0 Å². The molecular formula is C15H17N3. The van der Waals surface area contributed by atoms with Gasteiger partial charge in [0.15, 0.2) is 0 Å². The molecule has 2 aromatic rings. The molecule has 0 aromatic carbocycles. The summed E-state index contributed by atoms with van der Waals surface area (Å²) in [6.45, 7) is 2.97. The quantitative estimate of drug-likeness (QED) is 0.821. The van der Waals surface area contributed by atoms with Gasteiger partial charge in [0.2, 0.25) is 0 Å². The third-order valence-corrected chi connectivity index (χ3v) is 3.28. The first-order chi connectivity index (χ1) is 8.83. The molecule has 0 aliphatic heterocycles. The number of hydrogen-bond donors (Lipinski definition) is 0. The molecule has 2 heterocycles. The fourth-order valence-electron chi connectivity index (χ4n) is 2.22. The molecular weight excluding hydrogens is 222 g/mol. The minimum atomic E-state index is 0.687. The van der Waals surface area contributed by atoms with Crippen molar-refractivity contribution < 1.29 is 0 Å². The molecule has 0 unspecified atom stereocenters. The number of anilines is 1. The zero-order valence-corrected chi connectivity index (χ0v) is 10.6. The molecule has 92 valence electrons. The molecule has 3 rings (SSSR count). The molecule has 1 aliphatic carbocycles. The van der Waals surface area contributed by atoms with Gasteiger partial charge in [-0.25, -0.2) is 0 Å². The van der Waals surface area contributed by atoms with Crippen LogP contribution in [0.5, 0.6) is 0 Å². The van der Waals surface area contributed by atoms with E-state index in [-0.39, 0.29) is 0 Å². The van der Waals surface area contributed by atoms with Crippen LogP contribution in [0.2, 0.25) is 0 Å². The van der Waals surface area contributed by atoms with Gasteiger partial charge in [-0.3, -0.25) is 9.97 Å². The normalized spacial score (nSPS) is 14.5. The Balaban J connectivity index is 1.85. The lowest BCUT2D eigenvalue weighted by Crippen LogP contribution is -2.25. The zero-order chi connectivity index (χ0) is 12.4. The Kier molecular flexibility index (Phi) is 2.97. The first-order valence-electron chi connectivity index (χ1n) is 6.41. The SMILES string of the molecule is Cc1cc(N(Cc2cccnc2)C2CC2)ccn1. The van der Waals surface area contributed by atoms with Crippen molar-refractivity contribution in [2.45, 2.75) is 32.4 Å². The smallest absolute Gasteiger partial charge is 0.0447 e. The summed E-state index contributed by atoms with van der Waals surface area (Å²) in [5.41, 5.74) is 3.61. The molecule has 1 aliphatic rings. The third kappa shape index (κ3) is 2.50. The van der Waals surface area contributed by atoms with E-state index in [4.69, 9.17) is 0 Å². The molecule has 2 aromatic heterocycles. The second-order valence-electron chi connectivity index (χ2n) is 4.88. The summed E-state index contributed by atoms with van der Waals surface area (Å²) in [4.78, 5) is 10.9. The van der Waals surface area contributed by atoms with Gasteiger partial charge in [0, 0.05) is 42.6 Å². The molecule has 0 spiro atoms. The van der Waals surface area contributed by atoms with Crippen LogP contribution in [0.15, 0.2) is 42.9 Å². The number of nitrogens with zero attached hydrogens (tertiary/aromatic N) is 3. The van der Waals surface area contributed by atoms with Gasteiger partial charge in [-0.05, 0) is 43.5 Å². The van der Waals surface area contributed by atoms with Gasteiger partial charge in [0.1, 0.15) is 0 Å². The van der Waals surface area contributed by atoms with Crippen molar-refractivity contribution in [1.29, 1.82) is 0 Å². The molecule has 3 heteroatoms. The highest BCUT2D eigenvalue weighted by Crippen LogP contribution is 2.32. The summed E-state index contributed by atoms with van der Waals surface area (Å²) in [6.07, 6.45) is 8.25. The summed E-state index contributed by atoms with van der Waals surface area (Å²) in [6, 6.07) is 9.08. The van der Waals surface area contributed by atoms with E-state index in [1.807, 2.05) is 31.6 Å². The Morgan fingerprint density at radius 1 is 1.28 bits per heavy atom. The topological polar surface area (TPSA) is 29.0 Å². The summed E-state index contributed by atoms with van der Waals surface area (Å²) >= 11 is 0. The zero-order valence-electron chi connectivity index (χ0n) is 10.6. The molecule has 3 nitrogen and oxygen atoms in total. The van der Waals surface area contributed by atoms with Crippen molar-refractivity contribution in [3.05, 3.63) is 54.1 Å². The third-order valence-electron chi connectivity index (χ3n) is 3.28. The molecule has 18 heavy (non-hydrogen) atoms. The van der Waals surface area contributed by atoms with Gasteiger partial charge in [-0.15, -0.1) is 0 Å². The average Bonchev–Trinajstić information content (AvgIpc) is 3.21. The van der Waals surface area contributed by atoms with Crippen molar-refractivity contribution in [1.82, 2.24) is 9.97 Å². The molecule has 1 saturated carbocycles. The molecule has 0 amide bonds. The minimum absolute atomic E-state index is 0.687. The van der Waals surface area contributed by atoms with E-state index >= 15 is 0 Å². The Labute approximate surface area is 108 Å². The van der Waals surface area contributed by atoms with Crippen LogP contribution < -0.4 is 4.90 Å². The largest absolute Gasteiger partial charge is 0.364 e. The maximum absolute atomic E-state index is 4.27. The van der Waals surface area contributed by atoms with Crippen molar-refractivity contribution in [2.24, 2.45) is 0 Å². The van der Waals surface area contributed by atoms with E-state index in [9.17, 15) is 0 Å². The fraction of sp³-hybridized carbons (Fsp3) is 0.333. The Morgan fingerprint density at radius 2 is 2.17 bits per heavy atom. The predicted octanol–water partition coefficient (Wildman–Crippen LogP) is 2.95. The van der Waals surface area contributed by atoms with Crippen molar-refractivity contribution >= 4 is 5.69 Å². The van der Waals surface area contributed by atoms with Gasteiger partial charge >= 0.3 is 0 Å². The summed E-state index contributed by atoms with van der Waals surface area (Å²) in [5.74, 6) is 0. The van der Waals surface area contributed by atoms with Crippen LogP contribution in [0, 0.1) is 6.92 Å². The number of aryl methyl sites for hydroxylation is 1. The molecule has 0 saturated heterocycles. The lowest BCUT2D eigenvalue weighted by Gasteiger charge is -2.24. The Bertz CT molecular complexity index is 520. The summed E-state index contributed by atoms with van der Waals surface area (Å²) < 4.78 is 0. The minimum Gasteiger partial charge on any atom is -0.364 e. The Morgan fingerprint density at radius 3 is 2.83 bits per heavy atom. The fourth-order valence-corrected chi connectivity index (χ4v) is 2.22. The number of hydrogen-bond acceptors (Lipinski definition) is 3. The van der Waals surface area contributed by atoms with E-state index in [0.717, 1.165) is 12.2 Å². The molecule has 0 N–H and O–H groups in total. The number of pyridine rings is 2. The van der Waals surface area contributed by atoms with Crippen LogP contribution in [0.3, 0.4) is 0 Å². The van der Waals surface area contributed by atoms with Gasteiger partial charge in [-0.1, -0.05) is 6.07 Å². The van der Waals surface area contributed by atoms with Crippen LogP contribution >= 0.6 is 0 Å². The molecule has 1 fully saturated rings. The molecule has 0 bridgehead atoms. The highest BCUT2D eigenvalue weighted by atomic mass is 15.2. The van der Waals surface area contributed by atoms with E-state index in [0.29, 0.717) is 6.04 Å². The monoisotopic (exact) mass is 239 g/mol. The predicted molar refractivity (Wildman–Crippen MR) is 72.4 cm³/mol. The van der Waals surface area contributed by atoms with E-state index in [2.05, 4.69) is 33.1 Å². The van der Waals surface area contributed by atoms with Crippen LogP contribution in [-0.4, -0.2) is 16.0 Å². The van der Waals surface area contributed by atoms with Gasteiger partial charge < -0.3 is 4.90 Å². The van der Waals surface area contributed by atoms with Crippen LogP contribution in [0.4, 0.5) is 5.69 Å². The standard InChI is InChI=1S/C15H17N3/c1-12-9-15(6-8-17-12)18(14-4-5-14)11-13-3-2-7-16-10-13/h2-3,6-10,14H,4-5,11H2,1H3. The average molecular weight is 239 g/mol. The second-order valence-corrected chi connectivity index (χ2v) is 4.88. The first kappa shape index (κ1) is 11.2. The highest BCUT2D eigenvalue weighted by Gasteiger charge is 2.29. The molecule has 0 atom stereocenters. The van der Waals surface area contributed by atoms with Gasteiger partial charge in [0.05, 0.1) is 0 Å². The maximum Gasteiger partial charge on any atom is 0.0447 e. The van der Waals surface area contributed by atoms with Crippen LogP contribution in [0.25, 0.3) is 0 Å². The number of rotatable bonds is 4. The summed E-state index contributed by atoms with van der Waals surface area (Å²) in [5, 5.41) is 0.